The van der Waals surface area contributed by atoms with Crippen molar-refractivity contribution in [3.63, 3.8) is 0 Å². The van der Waals surface area contributed by atoms with Crippen LogP contribution in [-0.4, -0.2) is 28.1 Å². The Labute approximate surface area is 147 Å². The number of carbonyl (C=O) groups is 2. The largest absolute Gasteiger partial charge is 0.350 e. The molecular weight excluding hydrogens is 316 g/mol. The Balaban J connectivity index is 1.51. The van der Waals surface area contributed by atoms with Gasteiger partial charge in [-0.1, -0.05) is 30.3 Å². The van der Waals surface area contributed by atoms with Gasteiger partial charge < -0.3 is 5.32 Å². The summed E-state index contributed by atoms with van der Waals surface area (Å²) in [7, 11) is 0. The van der Waals surface area contributed by atoms with Crippen LogP contribution in [-0.2, 0) is 16.1 Å². The van der Waals surface area contributed by atoms with Gasteiger partial charge in [0, 0.05) is 25.5 Å². The first-order valence-electron chi connectivity index (χ1n) is 8.73. The quantitative estimate of drug-likeness (QED) is 0.879. The van der Waals surface area contributed by atoms with E-state index < -0.39 is 0 Å². The van der Waals surface area contributed by atoms with Gasteiger partial charge in [-0.05, 0) is 25.8 Å². The van der Waals surface area contributed by atoms with E-state index >= 15 is 0 Å². The molecule has 0 fully saturated rings. The average Bonchev–Trinajstić information content (AvgIpc) is 2.98. The zero-order valence-electron chi connectivity index (χ0n) is 14.7. The number of nitrogens with zero attached hydrogens (tertiary/aromatic N) is 3. The SMILES string of the molecule is Cc1cc2n(n1)CCC(=O)N2CCCC(=O)NC(C)c1ccccc1. The highest BCUT2D eigenvalue weighted by molar-refractivity contribution is 5.93. The van der Waals surface area contributed by atoms with Gasteiger partial charge in [0.15, 0.2) is 0 Å². The number of hydrogen-bond acceptors (Lipinski definition) is 3. The van der Waals surface area contributed by atoms with Crippen LogP contribution in [0.4, 0.5) is 5.82 Å². The number of carbonyl (C=O) groups excluding carboxylic acids is 2. The second-order valence-corrected chi connectivity index (χ2v) is 6.47. The molecule has 0 aliphatic carbocycles. The van der Waals surface area contributed by atoms with Crippen LogP contribution in [0.3, 0.4) is 0 Å². The van der Waals surface area contributed by atoms with Gasteiger partial charge >= 0.3 is 0 Å². The van der Waals surface area contributed by atoms with Crippen molar-refractivity contribution < 1.29 is 9.59 Å². The minimum absolute atomic E-state index is 0.00509. The summed E-state index contributed by atoms with van der Waals surface area (Å²) in [5.41, 5.74) is 1.99. The molecule has 2 amide bonds. The fourth-order valence-corrected chi connectivity index (χ4v) is 3.15. The fraction of sp³-hybridized carbons (Fsp3) is 0.421. The Kier molecular flexibility index (Phi) is 5.16. The highest BCUT2D eigenvalue weighted by atomic mass is 16.2. The lowest BCUT2D eigenvalue weighted by atomic mass is 10.1. The van der Waals surface area contributed by atoms with Crippen molar-refractivity contribution in [2.45, 2.75) is 45.7 Å². The maximum Gasteiger partial charge on any atom is 0.229 e. The van der Waals surface area contributed by atoms with E-state index in [0.717, 1.165) is 17.1 Å². The second-order valence-electron chi connectivity index (χ2n) is 6.47. The molecule has 1 aromatic carbocycles. The number of aryl methyl sites for hydroxylation is 2. The van der Waals surface area contributed by atoms with Crippen LogP contribution in [0.15, 0.2) is 36.4 Å². The summed E-state index contributed by atoms with van der Waals surface area (Å²) in [4.78, 5) is 26.1. The second kappa shape index (κ2) is 7.51. The number of benzene rings is 1. The summed E-state index contributed by atoms with van der Waals surface area (Å²) in [5.74, 6) is 0.947. The Morgan fingerprint density at radius 1 is 1.32 bits per heavy atom. The molecule has 0 bridgehead atoms. The van der Waals surface area contributed by atoms with E-state index in [2.05, 4.69) is 10.4 Å². The molecule has 2 aromatic rings. The molecule has 1 aromatic heterocycles. The first kappa shape index (κ1) is 17.2. The molecule has 2 heterocycles. The van der Waals surface area contributed by atoms with Crippen LogP contribution < -0.4 is 10.2 Å². The van der Waals surface area contributed by atoms with Crippen LogP contribution in [0.1, 0.15) is 43.5 Å². The van der Waals surface area contributed by atoms with Gasteiger partial charge in [0.25, 0.3) is 0 Å². The first-order chi connectivity index (χ1) is 12.0. The van der Waals surface area contributed by atoms with Gasteiger partial charge in [-0.25, -0.2) is 4.68 Å². The maximum atomic E-state index is 12.2. The molecular formula is C19H24N4O2. The van der Waals surface area contributed by atoms with E-state index in [0.29, 0.717) is 32.4 Å². The predicted octanol–water partition coefficient (Wildman–Crippen LogP) is 2.59. The minimum atomic E-state index is -0.0191. The zero-order valence-corrected chi connectivity index (χ0v) is 14.7. The molecule has 1 atom stereocenters. The van der Waals surface area contributed by atoms with Crippen LogP contribution in [0.2, 0.25) is 0 Å². The number of fused-ring (bicyclic) bond motifs is 1. The molecule has 25 heavy (non-hydrogen) atoms. The summed E-state index contributed by atoms with van der Waals surface area (Å²) in [5, 5.41) is 7.40. The lowest BCUT2D eigenvalue weighted by molar-refractivity contribution is -0.122. The van der Waals surface area contributed by atoms with Crippen LogP contribution in [0, 0.1) is 6.92 Å². The van der Waals surface area contributed by atoms with Crippen LogP contribution in [0.25, 0.3) is 0 Å². The van der Waals surface area contributed by atoms with Gasteiger partial charge in [-0.15, -0.1) is 0 Å². The van der Waals surface area contributed by atoms with Crippen molar-refractivity contribution in [2.75, 3.05) is 11.4 Å². The van der Waals surface area contributed by atoms with E-state index in [1.165, 1.54) is 0 Å². The third-order valence-corrected chi connectivity index (χ3v) is 4.46. The molecule has 0 saturated carbocycles. The van der Waals surface area contributed by atoms with Gasteiger partial charge in [0.1, 0.15) is 5.82 Å². The predicted molar refractivity (Wildman–Crippen MR) is 96.2 cm³/mol. The number of amides is 2. The monoisotopic (exact) mass is 340 g/mol. The number of aromatic nitrogens is 2. The highest BCUT2D eigenvalue weighted by Crippen LogP contribution is 2.22. The summed E-state index contributed by atoms with van der Waals surface area (Å²) < 4.78 is 1.87. The van der Waals surface area contributed by atoms with E-state index in [4.69, 9.17) is 0 Å². The van der Waals surface area contributed by atoms with Crippen molar-refractivity contribution in [3.05, 3.63) is 47.7 Å². The molecule has 1 aliphatic heterocycles. The lowest BCUT2D eigenvalue weighted by Gasteiger charge is -2.27. The molecule has 0 saturated heterocycles. The fourth-order valence-electron chi connectivity index (χ4n) is 3.15. The van der Waals surface area contributed by atoms with Crippen LogP contribution >= 0.6 is 0 Å². The van der Waals surface area contributed by atoms with Gasteiger partial charge in [-0.2, -0.15) is 5.10 Å². The Bertz CT molecular complexity index is 754. The Morgan fingerprint density at radius 2 is 2.08 bits per heavy atom. The normalized spacial score (nSPS) is 15.0. The van der Waals surface area contributed by atoms with E-state index in [9.17, 15) is 9.59 Å². The van der Waals surface area contributed by atoms with Crippen molar-refractivity contribution in [3.8, 4) is 0 Å². The molecule has 6 heteroatoms. The lowest BCUT2D eigenvalue weighted by Crippen LogP contribution is -2.38. The molecule has 1 N–H and O–H groups in total. The summed E-state index contributed by atoms with van der Waals surface area (Å²) in [6.07, 6.45) is 1.49. The summed E-state index contributed by atoms with van der Waals surface area (Å²) in [6.45, 7) is 5.07. The van der Waals surface area contributed by atoms with Crippen LogP contribution in [0.5, 0.6) is 0 Å². The molecule has 132 valence electrons. The maximum absolute atomic E-state index is 12.2. The Morgan fingerprint density at radius 3 is 2.84 bits per heavy atom. The van der Waals surface area contributed by atoms with Gasteiger partial charge in [0.05, 0.1) is 18.3 Å². The third-order valence-electron chi connectivity index (χ3n) is 4.46. The van der Waals surface area contributed by atoms with E-state index in [1.807, 2.05) is 54.9 Å². The average molecular weight is 340 g/mol. The molecule has 0 radical (unpaired) electrons. The van der Waals surface area contributed by atoms with E-state index in [1.54, 1.807) is 4.90 Å². The summed E-state index contributed by atoms with van der Waals surface area (Å²) in [6, 6.07) is 11.8. The van der Waals surface area contributed by atoms with E-state index in [-0.39, 0.29) is 17.9 Å². The Hall–Kier alpha value is -2.63. The topological polar surface area (TPSA) is 67.2 Å². The number of rotatable bonds is 6. The summed E-state index contributed by atoms with van der Waals surface area (Å²) >= 11 is 0. The molecule has 6 nitrogen and oxygen atoms in total. The van der Waals surface area contributed by atoms with Crippen molar-refractivity contribution in [2.24, 2.45) is 0 Å². The molecule has 3 rings (SSSR count). The molecule has 0 spiro atoms. The molecule has 1 aliphatic rings. The van der Waals surface area contributed by atoms with Crippen molar-refractivity contribution in [1.82, 2.24) is 15.1 Å². The molecule has 1 unspecified atom stereocenters. The smallest absolute Gasteiger partial charge is 0.229 e. The van der Waals surface area contributed by atoms with Gasteiger partial charge in [0.2, 0.25) is 11.8 Å². The zero-order chi connectivity index (χ0) is 17.8. The van der Waals surface area contributed by atoms with Crippen molar-refractivity contribution in [1.29, 1.82) is 0 Å². The standard InChI is InChI=1S/C19H24N4O2/c1-14-13-18-22(19(25)10-12-23(18)21-14)11-6-9-17(24)20-15(2)16-7-4-3-5-8-16/h3-5,7-8,13,15H,6,9-12H2,1-2H3,(H,20,24). The highest BCUT2D eigenvalue weighted by Gasteiger charge is 2.25. The van der Waals surface area contributed by atoms with Crippen molar-refractivity contribution >= 4 is 17.6 Å². The number of hydrogen-bond donors (Lipinski definition) is 1. The number of anilines is 1. The van der Waals surface area contributed by atoms with Gasteiger partial charge in [-0.3, -0.25) is 14.5 Å². The minimum Gasteiger partial charge on any atom is -0.350 e. The number of nitrogens with one attached hydrogen (secondary N) is 1. The first-order valence-corrected chi connectivity index (χ1v) is 8.73. The third kappa shape index (κ3) is 4.07.